The number of hydroxylamine groups is 2. The Hall–Kier alpha value is -2.90. The number of primary amides is 1. The van der Waals surface area contributed by atoms with E-state index in [4.69, 9.17) is 15.3 Å². The molecule has 0 radical (unpaired) electrons. The Morgan fingerprint density at radius 1 is 0.966 bits per heavy atom. The van der Waals surface area contributed by atoms with E-state index in [2.05, 4.69) is 0 Å². The van der Waals surface area contributed by atoms with Crippen LogP contribution in [0.25, 0.3) is 0 Å². The number of imide groups is 1. The van der Waals surface area contributed by atoms with E-state index in [0.29, 0.717) is 6.42 Å². The Bertz CT molecular complexity index is 779. The molecule has 3 amide bonds. The van der Waals surface area contributed by atoms with E-state index < -0.39 is 18.2 Å². The number of hydrogen-bond acceptors (Lipinski definition) is 5. The van der Waals surface area contributed by atoms with E-state index in [0.717, 1.165) is 42.0 Å². The van der Waals surface area contributed by atoms with Crippen LogP contribution in [0.3, 0.4) is 0 Å². The van der Waals surface area contributed by atoms with Crippen molar-refractivity contribution in [3.63, 3.8) is 0 Å². The van der Waals surface area contributed by atoms with Gasteiger partial charge in [-0.15, -0.1) is 0 Å². The number of hydrogen-bond donors (Lipinski definition) is 1. The van der Waals surface area contributed by atoms with Gasteiger partial charge in [0.05, 0.1) is 12.6 Å². The first-order chi connectivity index (χ1) is 14.1. The molecule has 0 spiro atoms. The highest BCUT2D eigenvalue weighted by Gasteiger charge is 2.31. The minimum absolute atomic E-state index is 0.0640. The van der Waals surface area contributed by atoms with Crippen molar-refractivity contribution in [1.29, 1.82) is 0 Å². The van der Waals surface area contributed by atoms with E-state index in [9.17, 15) is 9.59 Å². The molecule has 1 aliphatic rings. The summed E-state index contributed by atoms with van der Waals surface area (Å²) in [5.41, 5.74) is 7.37. The van der Waals surface area contributed by atoms with Gasteiger partial charge >= 0.3 is 12.1 Å². The largest absolute Gasteiger partial charge is 0.444 e. The van der Waals surface area contributed by atoms with Crippen molar-refractivity contribution in [2.24, 2.45) is 5.73 Å². The smallest absolute Gasteiger partial charge is 0.418 e. The molecule has 1 saturated heterocycles. The fourth-order valence-electron chi connectivity index (χ4n) is 3.33. The first-order valence-electron chi connectivity index (χ1n) is 9.84. The van der Waals surface area contributed by atoms with Crippen LogP contribution < -0.4 is 5.73 Å². The molecule has 0 saturated carbocycles. The van der Waals surface area contributed by atoms with Gasteiger partial charge in [-0.05, 0) is 30.4 Å². The lowest BCUT2D eigenvalue weighted by Crippen LogP contribution is -2.51. The topological polar surface area (TPSA) is 85.1 Å². The molecular formula is C22H27N3O4. The first kappa shape index (κ1) is 20.8. The van der Waals surface area contributed by atoms with Crippen LogP contribution in [0.4, 0.5) is 9.59 Å². The summed E-state index contributed by atoms with van der Waals surface area (Å²) in [6, 6.07) is 17.5. The lowest BCUT2D eigenvalue weighted by Gasteiger charge is -2.29. The fraction of sp³-hybridized carbons (Fsp3) is 0.364. The molecule has 1 atom stereocenters. The molecule has 1 heterocycles. The van der Waals surface area contributed by atoms with Crippen LogP contribution in [0.2, 0.25) is 0 Å². The first-order valence-corrected chi connectivity index (χ1v) is 9.84. The molecule has 1 aliphatic heterocycles. The van der Waals surface area contributed by atoms with E-state index in [1.54, 1.807) is 0 Å². The molecule has 1 fully saturated rings. The zero-order valence-corrected chi connectivity index (χ0v) is 16.4. The zero-order chi connectivity index (χ0) is 20.5. The highest BCUT2D eigenvalue weighted by molar-refractivity contribution is 5.90. The third-order valence-electron chi connectivity index (χ3n) is 4.83. The monoisotopic (exact) mass is 397 g/mol. The Labute approximate surface area is 170 Å². The van der Waals surface area contributed by atoms with Crippen molar-refractivity contribution in [3.8, 4) is 0 Å². The molecule has 0 bridgehead atoms. The number of nitrogens with two attached hydrogens (primary N) is 1. The summed E-state index contributed by atoms with van der Waals surface area (Å²) in [4.78, 5) is 31.7. The van der Waals surface area contributed by atoms with Gasteiger partial charge in [0.1, 0.15) is 6.61 Å². The van der Waals surface area contributed by atoms with Gasteiger partial charge in [0.2, 0.25) is 0 Å². The second-order valence-electron chi connectivity index (χ2n) is 7.02. The predicted octanol–water partition coefficient (Wildman–Crippen LogP) is 3.34. The summed E-state index contributed by atoms with van der Waals surface area (Å²) in [7, 11) is 0. The average molecular weight is 397 g/mol. The van der Waals surface area contributed by atoms with Crippen LogP contribution in [-0.4, -0.2) is 47.8 Å². The number of urea groups is 1. The van der Waals surface area contributed by atoms with Crippen molar-refractivity contribution in [3.05, 3.63) is 71.8 Å². The minimum Gasteiger partial charge on any atom is -0.444 e. The summed E-state index contributed by atoms with van der Waals surface area (Å²) in [6.07, 6.45) is 1.80. The van der Waals surface area contributed by atoms with Crippen LogP contribution >= 0.6 is 0 Å². The molecule has 154 valence electrons. The molecule has 2 aromatic carbocycles. The normalized spacial score (nSPS) is 15.0. The Balaban J connectivity index is 1.70. The standard InChI is InChI=1S/C22H27N3O4/c23-21(26)25(22(27)28-16-19-11-5-2-6-12-19)20(15-18-9-3-1-4-10-18)17-29-24-13-7-8-14-24/h1-6,9-12,20H,7-8,13-17H2,(H2,23,26)/t20-/m1/s1. The number of nitrogens with zero attached hydrogens (tertiary/aromatic N) is 2. The quantitative estimate of drug-likeness (QED) is 0.738. The lowest BCUT2D eigenvalue weighted by atomic mass is 10.1. The number of carbonyl (C=O) groups excluding carboxylic acids is 2. The molecule has 0 aromatic heterocycles. The summed E-state index contributed by atoms with van der Waals surface area (Å²) < 4.78 is 5.36. The maximum atomic E-state index is 12.7. The van der Waals surface area contributed by atoms with Gasteiger partial charge in [-0.1, -0.05) is 60.7 Å². The molecular weight excluding hydrogens is 370 g/mol. The van der Waals surface area contributed by atoms with Crippen molar-refractivity contribution in [2.75, 3.05) is 19.7 Å². The van der Waals surface area contributed by atoms with Crippen LogP contribution in [0, 0.1) is 0 Å². The number of rotatable bonds is 8. The Morgan fingerprint density at radius 3 is 2.14 bits per heavy atom. The van der Waals surface area contributed by atoms with Crippen LogP contribution in [-0.2, 0) is 22.6 Å². The summed E-state index contributed by atoms with van der Waals surface area (Å²) in [5.74, 6) is 0. The van der Waals surface area contributed by atoms with Gasteiger partial charge in [0.25, 0.3) is 0 Å². The van der Waals surface area contributed by atoms with Gasteiger partial charge in [0.15, 0.2) is 0 Å². The van der Waals surface area contributed by atoms with E-state index >= 15 is 0 Å². The molecule has 2 aromatic rings. The Morgan fingerprint density at radius 2 is 1.55 bits per heavy atom. The van der Waals surface area contributed by atoms with E-state index in [-0.39, 0.29) is 13.2 Å². The molecule has 29 heavy (non-hydrogen) atoms. The highest BCUT2D eigenvalue weighted by Crippen LogP contribution is 2.15. The number of benzene rings is 2. The van der Waals surface area contributed by atoms with Crippen LogP contribution in [0.15, 0.2) is 60.7 Å². The SMILES string of the molecule is NC(=O)N(C(=O)OCc1ccccc1)[C@@H](CON1CCCC1)Cc1ccccc1. The van der Waals surface area contributed by atoms with Gasteiger partial charge in [0, 0.05) is 13.1 Å². The highest BCUT2D eigenvalue weighted by atomic mass is 16.7. The van der Waals surface area contributed by atoms with Gasteiger partial charge in [-0.3, -0.25) is 4.84 Å². The maximum absolute atomic E-state index is 12.7. The molecule has 3 rings (SSSR count). The van der Waals surface area contributed by atoms with Gasteiger partial charge in [-0.25, -0.2) is 14.5 Å². The van der Waals surface area contributed by atoms with Gasteiger partial charge in [-0.2, -0.15) is 5.06 Å². The second kappa shape index (κ2) is 10.6. The van der Waals surface area contributed by atoms with E-state index in [1.165, 1.54) is 0 Å². The number of amides is 3. The Kier molecular flexibility index (Phi) is 7.61. The second-order valence-corrected chi connectivity index (χ2v) is 7.02. The third-order valence-corrected chi connectivity index (χ3v) is 4.83. The minimum atomic E-state index is -0.853. The molecule has 7 nitrogen and oxygen atoms in total. The zero-order valence-electron chi connectivity index (χ0n) is 16.4. The van der Waals surface area contributed by atoms with Crippen LogP contribution in [0.5, 0.6) is 0 Å². The molecule has 0 unspecified atom stereocenters. The van der Waals surface area contributed by atoms with Crippen molar-refractivity contribution in [1.82, 2.24) is 9.96 Å². The molecule has 0 aliphatic carbocycles. The van der Waals surface area contributed by atoms with E-state index in [1.807, 2.05) is 65.7 Å². The maximum Gasteiger partial charge on any atom is 0.418 e. The number of carbonyl (C=O) groups is 2. The van der Waals surface area contributed by atoms with Crippen molar-refractivity contribution < 1.29 is 19.2 Å². The third kappa shape index (κ3) is 6.30. The van der Waals surface area contributed by atoms with Crippen molar-refractivity contribution >= 4 is 12.1 Å². The molecule has 7 heteroatoms. The van der Waals surface area contributed by atoms with Crippen LogP contribution in [0.1, 0.15) is 24.0 Å². The lowest BCUT2D eigenvalue weighted by molar-refractivity contribution is -0.153. The predicted molar refractivity (Wildman–Crippen MR) is 109 cm³/mol. The average Bonchev–Trinajstić information content (AvgIpc) is 3.25. The summed E-state index contributed by atoms with van der Waals surface area (Å²) in [5, 5.41) is 1.87. The summed E-state index contributed by atoms with van der Waals surface area (Å²) in [6.45, 7) is 1.91. The number of ether oxygens (including phenoxy) is 1. The molecule has 2 N–H and O–H groups in total. The fourth-order valence-corrected chi connectivity index (χ4v) is 3.33. The summed E-state index contributed by atoms with van der Waals surface area (Å²) >= 11 is 0. The van der Waals surface area contributed by atoms with Gasteiger partial charge < -0.3 is 10.5 Å². The van der Waals surface area contributed by atoms with Crippen molar-refractivity contribution in [2.45, 2.75) is 31.9 Å².